The Morgan fingerprint density at radius 2 is 2.04 bits per heavy atom. The van der Waals surface area contributed by atoms with Gasteiger partial charge in [-0.1, -0.05) is 0 Å². The summed E-state index contributed by atoms with van der Waals surface area (Å²) < 4.78 is 18.4. The molecule has 0 unspecified atom stereocenters. The van der Waals surface area contributed by atoms with Crippen LogP contribution in [-0.2, 0) is 14.3 Å². The monoisotopic (exact) mass is 356 g/mol. The highest BCUT2D eigenvalue weighted by atomic mass is 19.1. The zero-order valence-electron chi connectivity index (χ0n) is 14.6. The maximum Gasteiger partial charge on any atom is 0.317 e. The molecule has 1 aromatic carbocycles. The van der Waals surface area contributed by atoms with Crippen LogP contribution in [-0.4, -0.2) is 24.1 Å². The van der Waals surface area contributed by atoms with Crippen LogP contribution < -0.4 is 5.73 Å². The van der Waals surface area contributed by atoms with Gasteiger partial charge in [-0.3, -0.25) is 9.59 Å². The summed E-state index contributed by atoms with van der Waals surface area (Å²) >= 11 is 0. The zero-order chi connectivity index (χ0) is 18.7. The lowest BCUT2D eigenvalue weighted by atomic mass is 9.63. The van der Waals surface area contributed by atoms with Crippen LogP contribution in [0.4, 0.5) is 10.1 Å². The molecule has 0 aromatic heterocycles. The standard InChI is InChI=1S/C20H21FN2O3/c1-2-26-19(25)20-10-13(12-22)18(9-14(20)3-8-17(24)11-20)23-16-6-4-15(21)5-7-16/h4-7,9,12H,2-3,8,10-11,22H2,1H3/b13-12-,23-18?/t20-/m0/s1. The van der Waals surface area contributed by atoms with E-state index in [0.29, 0.717) is 29.8 Å². The molecule has 2 aliphatic rings. The van der Waals surface area contributed by atoms with Crippen molar-refractivity contribution in [1.82, 2.24) is 0 Å². The quantitative estimate of drug-likeness (QED) is 0.842. The zero-order valence-corrected chi connectivity index (χ0v) is 14.6. The Kier molecular flexibility index (Phi) is 5.02. The normalized spacial score (nSPS) is 25.8. The second-order valence-corrected chi connectivity index (χ2v) is 6.53. The molecule has 1 fully saturated rings. The molecule has 3 rings (SSSR count). The Hall–Kier alpha value is -2.76. The van der Waals surface area contributed by atoms with Crippen LogP contribution in [0.1, 0.15) is 32.6 Å². The summed E-state index contributed by atoms with van der Waals surface area (Å²) in [6.45, 7) is 1.99. The van der Waals surface area contributed by atoms with E-state index in [1.807, 2.05) is 6.08 Å². The number of hydrogen-bond donors (Lipinski definition) is 1. The highest BCUT2D eigenvalue weighted by molar-refractivity contribution is 6.13. The van der Waals surface area contributed by atoms with Gasteiger partial charge in [-0.15, -0.1) is 0 Å². The molecule has 1 atom stereocenters. The molecular weight excluding hydrogens is 335 g/mol. The maximum absolute atomic E-state index is 13.1. The Morgan fingerprint density at radius 1 is 1.31 bits per heavy atom. The van der Waals surface area contributed by atoms with Gasteiger partial charge in [0.05, 0.1) is 18.0 Å². The van der Waals surface area contributed by atoms with Gasteiger partial charge in [0.1, 0.15) is 17.0 Å². The molecule has 0 amide bonds. The molecule has 6 heteroatoms. The van der Waals surface area contributed by atoms with Crippen LogP contribution >= 0.6 is 0 Å². The summed E-state index contributed by atoms with van der Waals surface area (Å²) in [5.41, 5.74) is 7.54. The summed E-state index contributed by atoms with van der Waals surface area (Å²) in [6.07, 6.45) is 4.54. The van der Waals surface area contributed by atoms with Gasteiger partial charge in [0.25, 0.3) is 0 Å². The first-order valence-corrected chi connectivity index (χ1v) is 8.64. The number of allylic oxidation sites excluding steroid dienone is 2. The van der Waals surface area contributed by atoms with Crippen molar-refractivity contribution < 1.29 is 18.7 Å². The summed E-state index contributed by atoms with van der Waals surface area (Å²) in [4.78, 5) is 29.3. The highest BCUT2D eigenvalue weighted by Crippen LogP contribution is 2.48. The van der Waals surface area contributed by atoms with Gasteiger partial charge in [-0.05, 0) is 67.5 Å². The van der Waals surface area contributed by atoms with Crippen LogP contribution in [0.5, 0.6) is 0 Å². The third-order valence-electron chi connectivity index (χ3n) is 4.86. The van der Waals surface area contributed by atoms with E-state index >= 15 is 0 Å². The van der Waals surface area contributed by atoms with E-state index in [4.69, 9.17) is 10.5 Å². The summed E-state index contributed by atoms with van der Waals surface area (Å²) in [5.74, 6) is -0.678. The van der Waals surface area contributed by atoms with Crippen molar-refractivity contribution >= 4 is 23.2 Å². The van der Waals surface area contributed by atoms with E-state index in [1.165, 1.54) is 18.3 Å². The topological polar surface area (TPSA) is 81.8 Å². The Morgan fingerprint density at radius 3 is 2.69 bits per heavy atom. The molecule has 0 bridgehead atoms. The number of Topliss-reactive ketones (excluding diaryl/α,β-unsaturated/α-hetero) is 1. The summed E-state index contributed by atoms with van der Waals surface area (Å²) in [7, 11) is 0. The first kappa shape index (κ1) is 18.0. The molecule has 0 spiro atoms. The first-order valence-electron chi connectivity index (χ1n) is 8.64. The van der Waals surface area contributed by atoms with Gasteiger partial charge in [0.2, 0.25) is 0 Å². The van der Waals surface area contributed by atoms with Crippen molar-refractivity contribution in [3.8, 4) is 0 Å². The van der Waals surface area contributed by atoms with E-state index in [0.717, 1.165) is 5.57 Å². The van der Waals surface area contributed by atoms with Crippen molar-refractivity contribution in [3.05, 3.63) is 53.5 Å². The lowest BCUT2D eigenvalue weighted by Gasteiger charge is -2.40. The lowest BCUT2D eigenvalue weighted by Crippen LogP contribution is -2.43. The molecule has 136 valence electrons. The van der Waals surface area contributed by atoms with E-state index < -0.39 is 5.41 Å². The molecule has 2 aliphatic carbocycles. The predicted octanol–water partition coefficient (Wildman–Crippen LogP) is 3.37. The smallest absolute Gasteiger partial charge is 0.317 e. The van der Waals surface area contributed by atoms with Gasteiger partial charge >= 0.3 is 5.97 Å². The Balaban J connectivity index is 2.06. The molecule has 2 N–H and O–H groups in total. The number of hydrogen-bond acceptors (Lipinski definition) is 5. The van der Waals surface area contributed by atoms with E-state index in [1.54, 1.807) is 19.1 Å². The number of carbonyl (C=O) groups excluding carboxylic acids is 2. The number of fused-ring (bicyclic) bond motifs is 1. The van der Waals surface area contributed by atoms with Gasteiger partial charge in [0.15, 0.2) is 0 Å². The number of ketones is 1. The summed E-state index contributed by atoms with van der Waals surface area (Å²) in [6, 6.07) is 5.83. The average molecular weight is 356 g/mol. The van der Waals surface area contributed by atoms with Gasteiger partial charge in [-0.2, -0.15) is 0 Å². The number of nitrogens with zero attached hydrogens (tertiary/aromatic N) is 1. The molecule has 0 radical (unpaired) electrons. The fourth-order valence-corrected chi connectivity index (χ4v) is 3.56. The second kappa shape index (κ2) is 7.23. The lowest BCUT2D eigenvalue weighted by molar-refractivity contribution is -0.156. The predicted molar refractivity (Wildman–Crippen MR) is 96.4 cm³/mol. The van der Waals surface area contributed by atoms with Gasteiger partial charge in [-0.25, -0.2) is 9.38 Å². The molecule has 5 nitrogen and oxygen atoms in total. The first-order chi connectivity index (χ1) is 12.5. The van der Waals surface area contributed by atoms with E-state index in [9.17, 15) is 14.0 Å². The number of aliphatic imine (C=N–C) groups is 1. The van der Waals surface area contributed by atoms with Crippen LogP contribution in [0.25, 0.3) is 0 Å². The number of carbonyl (C=O) groups is 2. The largest absolute Gasteiger partial charge is 0.465 e. The molecule has 0 aliphatic heterocycles. The van der Waals surface area contributed by atoms with Crippen molar-refractivity contribution in [3.63, 3.8) is 0 Å². The molecule has 26 heavy (non-hydrogen) atoms. The number of nitrogens with two attached hydrogens (primary N) is 1. The fourth-order valence-electron chi connectivity index (χ4n) is 3.56. The number of rotatable bonds is 3. The fraction of sp³-hybridized carbons (Fsp3) is 0.350. The van der Waals surface area contributed by atoms with Gasteiger partial charge < -0.3 is 10.5 Å². The number of halogens is 1. The van der Waals surface area contributed by atoms with Crippen LogP contribution in [0.2, 0.25) is 0 Å². The van der Waals surface area contributed by atoms with E-state index in [-0.39, 0.29) is 37.0 Å². The van der Waals surface area contributed by atoms with E-state index in [2.05, 4.69) is 4.99 Å². The van der Waals surface area contributed by atoms with Crippen molar-refractivity contribution in [2.45, 2.75) is 32.6 Å². The Bertz CT molecular complexity index is 824. The molecule has 1 saturated carbocycles. The second-order valence-electron chi connectivity index (χ2n) is 6.53. The SMILES string of the molecule is CCOC(=O)[C@@]12CC(=O)CCC1=CC(=Nc1ccc(F)cc1)/C(=C\N)C2. The molecule has 0 heterocycles. The number of benzene rings is 1. The minimum absolute atomic E-state index is 0.0468. The summed E-state index contributed by atoms with van der Waals surface area (Å²) in [5, 5.41) is 0. The third-order valence-corrected chi connectivity index (χ3v) is 4.86. The van der Waals surface area contributed by atoms with Gasteiger partial charge in [0, 0.05) is 12.8 Å². The highest BCUT2D eigenvalue weighted by Gasteiger charge is 2.50. The van der Waals surface area contributed by atoms with Crippen molar-refractivity contribution in [1.29, 1.82) is 0 Å². The van der Waals surface area contributed by atoms with Crippen molar-refractivity contribution in [2.75, 3.05) is 6.61 Å². The van der Waals surface area contributed by atoms with Crippen LogP contribution in [0.15, 0.2) is 52.7 Å². The van der Waals surface area contributed by atoms with Crippen molar-refractivity contribution in [2.24, 2.45) is 16.1 Å². The molecule has 1 aromatic rings. The Labute approximate surface area is 151 Å². The van der Waals surface area contributed by atoms with Crippen LogP contribution in [0.3, 0.4) is 0 Å². The molecular formula is C20H21FN2O3. The third kappa shape index (κ3) is 3.31. The average Bonchev–Trinajstić information content (AvgIpc) is 2.63. The minimum atomic E-state index is -0.988. The number of ether oxygens (including phenoxy) is 1. The minimum Gasteiger partial charge on any atom is -0.465 e. The van der Waals surface area contributed by atoms with Crippen LogP contribution in [0, 0.1) is 11.2 Å². The molecule has 0 saturated heterocycles. The maximum atomic E-state index is 13.1. The number of esters is 1.